The van der Waals surface area contributed by atoms with Crippen molar-refractivity contribution in [3.63, 3.8) is 0 Å². The zero-order valence-electron chi connectivity index (χ0n) is 13.1. The van der Waals surface area contributed by atoms with E-state index >= 15 is 0 Å². The second-order valence-electron chi connectivity index (χ2n) is 5.22. The zero-order valence-corrected chi connectivity index (χ0v) is 13.1. The van der Waals surface area contributed by atoms with Crippen LogP contribution in [0.5, 0.6) is 0 Å². The largest absolute Gasteiger partial charge is 0.363 e. The maximum Gasteiger partial charge on any atom is 0.255 e. The fourth-order valence-electron chi connectivity index (χ4n) is 2.23. The molecule has 0 bridgehead atoms. The summed E-state index contributed by atoms with van der Waals surface area (Å²) in [6.07, 6.45) is 6.26. The van der Waals surface area contributed by atoms with Crippen molar-refractivity contribution in [2.45, 2.75) is 40.2 Å². The van der Waals surface area contributed by atoms with Gasteiger partial charge >= 0.3 is 0 Å². The smallest absolute Gasteiger partial charge is 0.255 e. The predicted molar refractivity (Wildman–Crippen MR) is 83.7 cm³/mol. The molecule has 0 spiro atoms. The standard InChI is InChI=1S/C16H20N4O2/c1-4-5-13-12(7-17-9-20-13)16(22)19-8-14-11(3)15(21)10(2)6-18-14/h6-7,9H,4-5,8H2,1-3H3,(H,18,21)(H,19,22). The van der Waals surface area contributed by atoms with Crippen molar-refractivity contribution >= 4 is 5.91 Å². The van der Waals surface area contributed by atoms with E-state index in [0.29, 0.717) is 22.4 Å². The maximum atomic E-state index is 12.3. The molecule has 0 aromatic carbocycles. The van der Waals surface area contributed by atoms with Crippen LogP contribution < -0.4 is 10.7 Å². The van der Waals surface area contributed by atoms with Gasteiger partial charge in [-0.3, -0.25) is 9.59 Å². The lowest BCUT2D eigenvalue weighted by atomic mass is 10.1. The van der Waals surface area contributed by atoms with Gasteiger partial charge in [0.15, 0.2) is 5.43 Å². The number of carbonyl (C=O) groups excluding carboxylic acids is 1. The van der Waals surface area contributed by atoms with Gasteiger partial charge in [-0.2, -0.15) is 0 Å². The van der Waals surface area contributed by atoms with E-state index in [1.807, 2.05) is 6.92 Å². The number of hydrogen-bond donors (Lipinski definition) is 2. The summed E-state index contributed by atoms with van der Waals surface area (Å²) in [5.74, 6) is -0.232. The lowest BCUT2D eigenvalue weighted by Crippen LogP contribution is -2.27. The molecule has 6 heteroatoms. The second kappa shape index (κ2) is 6.98. The number of amides is 1. The molecule has 0 saturated carbocycles. The number of nitrogens with one attached hydrogen (secondary N) is 2. The lowest BCUT2D eigenvalue weighted by Gasteiger charge is -2.10. The van der Waals surface area contributed by atoms with Crippen LogP contribution in [0.25, 0.3) is 0 Å². The van der Waals surface area contributed by atoms with Crippen molar-refractivity contribution in [1.82, 2.24) is 20.3 Å². The molecule has 2 rings (SSSR count). The van der Waals surface area contributed by atoms with Crippen molar-refractivity contribution in [2.75, 3.05) is 0 Å². The average Bonchev–Trinajstić information content (AvgIpc) is 2.52. The maximum absolute atomic E-state index is 12.3. The third kappa shape index (κ3) is 3.39. The molecule has 0 saturated heterocycles. The molecule has 0 atom stereocenters. The zero-order chi connectivity index (χ0) is 16.1. The number of H-pyrrole nitrogens is 1. The Balaban J connectivity index is 2.14. The Morgan fingerprint density at radius 1 is 1.36 bits per heavy atom. The molecule has 1 amide bonds. The summed E-state index contributed by atoms with van der Waals surface area (Å²) in [7, 11) is 0. The minimum Gasteiger partial charge on any atom is -0.363 e. The van der Waals surface area contributed by atoms with Crippen LogP contribution in [0, 0.1) is 13.8 Å². The first-order valence-corrected chi connectivity index (χ1v) is 7.29. The van der Waals surface area contributed by atoms with E-state index in [1.165, 1.54) is 12.5 Å². The fourth-order valence-corrected chi connectivity index (χ4v) is 2.23. The lowest BCUT2D eigenvalue weighted by molar-refractivity contribution is 0.0948. The molecule has 2 aromatic rings. The highest BCUT2D eigenvalue weighted by Gasteiger charge is 2.13. The SMILES string of the molecule is CCCc1ncncc1C(=O)NCc1[nH]cc(C)c(=O)c1C. The molecule has 0 aliphatic rings. The number of aromatic amines is 1. The summed E-state index contributed by atoms with van der Waals surface area (Å²) in [5.41, 5.74) is 3.21. The van der Waals surface area contributed by atoms with Crippen LogP contribution in [0.15, 0.2) is 23.5 Å². The third-order valence-electron chi connectivity index (χ3n) is 3.57. The van der Waals surface area contributed by atoms with Crippen LogP contribution >= 0.6 is 0 Å². The first-order valence-electron chi connectivity index (χ1n) is 7.29. The van der Waals surface area contributed by atoms with Crippen LogP contribution in [0.2, 0.25) is 0 Å². The summed E-state index contributed by atoms with van der Waals surface area (Å²) >= 11 is 0. The van der Waals surface area contributed by atoms with Crippen molar-refractivity contribution in [3.8, 4) is 0 Å². The Kier molecular flexibility index (Phi) is 5.04. The van der Waals surface area contributed by atoms with Gasteiger partial charge in [0.1, 0.15) is 6.33 Å². The molecule has 2 aromatic heterocycles. The number of aromatic nitrogens is 3. The highest BCUT2D eigenvalue weighted by Crippen LogP contribution is 2.07. The van der Waals surface area contributed by atoms with Crippen molar-refractivity contribution < 1.29 is 4.79 Å². The monoisotopic (exact) mass is 300 g/mol. The molecule has 2 heterocycles. The van der Waals surface area contributed by atoms with Gasteiger partial charge in [-0.15, -0.1) is 0 Å². The van der Waals surface area contributed by atoms with Crippen LogP contribution in [0.1, 0.15) is 46.2 Å². The minimum absolute atomic E-state index is 0.00212. The Bertz CT molecular complexity index is 737. The predicted octanol–water partition coefficient (Wildman–Crippen LogP) is 1.66. The number of aryl methyl sites for hydroxylation is 2. The van der Waals surface area contributed by atoms with Gasteiger partial charge in [-0.1, -0.05) is 13.3 Å². The molecule has 0 unspecified atom stereocenters. The van der Waals surface area contributed by atoms with E-state index in [1.54, 1.807) is 20.0 Å². The van der Waals surface area contributed by atoms with Crippen LogP contribution in [0.3, 0.4) is 0 Å². The second-order valence-corrected chi connectivity index (χ2v) is 5.22. The topological polar surface area (TPSA) is 87.7 Å². The van der Waals surface area contributed by atoms with E-state index < -0.39 is 0 Å². The van der Waals surface area contributed by atoms with Gasteiger partial charge in [0.25, 0.3) is 5.91 Å². The van der Waals surface area contributed by atoms with Gasteiger partial charge < -0.3 is 10.3 Å². The summed E-state index contributed by atoms with van der Waals surface area (Å²) in [5, 5.41) is 2.81. The molecule has 0 radical (unpaired) electrons. The van der Waals surface area contributed by atoms with Gasteiger partial charge in [0, 0.05) is 29.2 Å². The number of pyridine rings is 1. The summed E-state index contributed by atoms with van der Waals surface area (Å²) in [6, 6.07) is 0. The first-order chi connectivity index (χ1) is 10.5. The Labute approximate surface area is 129 Å². The first kappa shape index (κ1) is 15.9. The van der Waals surface area contributed by atoms with Crippen molar-refractivity contribution in [2.24, 2.45) is 0 Å². The molecular weight excluding hydrogens is 280 g/mol. The van der Waals surface area contributed by atoms with Crippen LogP contribution in [0.4, 0.5) is 0 Å². The molecule has 22 heavy (non-hydrogen) atoms. The number of rotatable bonds is 5. The molecule has 0 fully saturated rings. The molecular formula is C16H20N4O2. The van der Waals surface area contributed by atoms with Gasteiger partial charge in [-0.05, 0) is 20.3 Å². The van der Waals surface area contributed by atoms with E-state index in [2.05, 4.69) is 20.3 Å². The summed E-state index contributed by atoms with van der Waals surface area (Å²) < 4.78 is 0. The number of nitrogens with zero attached hydrogens (tertiary/aromatic N) is 2. The van der Waals surface area contributed by atoms with Gasteiger partial charge in [0.2, 0.25) is 0 Å². The fraction of sp³-hybridized carbons (Fsp3) is 0.375. The van der Waals surface area contributed by atoms with E-state index in [9.17, 15) is 9.59 Å². The Hall–Kier alpha value is -2.50. The molecule has 2 N–H and O–H groups in total. The van der Waals surface area contributed by atoms with E-state index in [4.69, 9.17) is 0 Å². The quantitative estimate of drug-likeness (QED) is 0.879. The number of hydrogen-bond acceptors (Lipinski definition) is 4. The molecule has 116 valence electrons. The summed E-state index contributed by atoms with van der Waals surface area (Å²) in [4.78, 5) is 35.3. The normalized spacial score (nSPS) is 10.5. The number of carbonyl (C=O) groups is 1. The van der Waals surface area contributed by atoms with Crippen molar-refractivity contribution in [3.05, 3.63) is 57.0 Å². The average molecular weight is 300 g/mol. The van der Waals surface area contributed by atoms with Gasteiger partial charge in [-0.25, -0.2) is 9.97 Å². The highest BCUT2D eigenvalue weighted by atomic mass is 16.1. The Morgan fingerprint density at radius 2 is 2.14 bits per heavy atom. The minimum atomic E-state index is -0.232. The van der Waals surface area contributed by atoms with Crippen LogP contribution in [-0.2, 0) is 13.0 Å². The van der Waals surface area contributed by atoms with E-state index in [0.717, 1.165) is 18.5 Å². The highest BCUT2D eigenvalue weighted by molar-refractivity contribution is 5.94. The Morgan fingerprint density at radius 3 is 2.86 bits per heavy atom. The van der Waals surface area contributed by atoms with Gasteiger partial charge in [0.05, 0.1) is 17.8 Å². The molecule has 0 aliphatic carbocycles. The third-order valence-corrected chi connectivity index (χ3v) is 3.57. The molecule has 6 nitrogen and oxygen atoms in total. The van der Waals surface area contributed by atoms with E-state index in [-0.39, 0.29) is 17.9 Å². The molecule has 0 aliphatic heterocycles. The summed E-state index contributed by atoms with van der Waals surface area (Å²) in [6.45, 7) is 5.80. The van der Waals surface area contributed by atoms with Crippen molar-refractivity contribution in [1.29, 1.82) is 0 Å². The van der Waals surface area contributed by atoms with Crippen LogP contribution in [-0.4, -0.2) is 20.9 Å².